The molecule has 22 heavy (non-hydrogen) atoms. The highest BCUT2D eigenvalue weighted by Crippen LogP contribution is 2.36. The summed E-state index contributed by atoms with van der Waals surface area (Å²) >= 11 is 5.52. The summed E-state index contributed by atoms with van der Waals surface area (Å²) in [5.74, 6) is -0.464. The summed E-state index contributed by atoms with van der Waals surface area (Å²) < 4.78 is 38.3. The maximum absolute atomic E-state index is 12.8. The molecule has 0 aromatic heterocycles. The number of benzene rings is 2. The molecule has 2 aromatic rings. The van der Waals surface area contributed by atoms with E-state index in [0.717, 1.165) is 12.1 Å². The molecule has 0 fully saturated rings. The van der Waals surface area contributed by atoms with Crippen molar-refractivity contribution in [3.05, 3.63) is 58.6 Å². The van der Waals surface area contributed by atoms with Crippen molar-refractivity contribution in [1.82, 2.24) is 0 Å². The van der Waals surface area contributed by atoms with E-state index in [2.05, 4.69) is 5.32 Å². The molecular formula is C15H12ClF3N2O. The second kappa shape index (κ2) is 6.27. The van der Waals surface area contributed by atoms with Crippen LogP contribution in [0.3, 0.4) is 0 Å². The number of rotatable bonds is 3. The normalized spacial score (nSPS) is 11.3. The van der Waals surface area contributed by atoms with E-state index in [0.29, 0.717) is 11.3 Å². The van der Waals surface area contributed by atoms with Crippen LogP contribution >= 0.6 is 11.6 Å². The van der Waals surface area contributed by atoms with Gasteiger partial charge in [0.1, 0.15) is 0 Å². The van der Waals surface area contributed by atoms with Gasteiger partial charge < -0.3 is 11.1 Å². The summed E-state index contributed by atoms with van der Waals surface area (Å²) in [6, 6.07) is 9.98. The van der Waals surface area contributed by atoms with Crippen LogP contribution < -0.4 is 11.1 Å². The predicted octanol–water partition coefficient (Wildman–Crippen LogP) is 4.12. The van der Waals surface area contributed by atoms with Crippen LogP contribution in [0.5, 0.6) is 0 Å². The van der Waals surface area contributed by atoms with Crippen LogP contribution in [-0.2, 0) is 17.4 Å². The maximum Gasteiger partial charge on any atom is 0.417 e. The van der Waals surface area contributed by atoms with Gasteiger partial charge in [-0.2, -0.15) is 13.2 Å². The Hall–Kier alpha value is -2.21. The van der Waals surface area contributed by atoms with Gasteiger partial charge in [0, 0.05) is 11.4 Å². The van der Waals surface area contributed by atoms with E-state index in [1.54, 1.807) is 24.3 Å². The highest BCUT2D eigenvalue weighted by molar-refractivity contribution is 6.31. The second-order valence-electron chi connectivity index (χ2n) is 4.62. The first-order valence-corrected chi connectivity index (χ1v) is 6.65. The average Bonchev–Trinajstić information content (AvgIpc) is 2.42. The molecule has 0 radical (unpaired) electrons. The fourth-order valence-corrected chi connectivity index (χ4v) is 2.12. The number of hydrogen-bond acceptors (Lipinski definition) is 2. The van der Waals surface area contributed by atoms with Gasteiger partial charge in [0.2, 0.25) is 5.91 Å². The smallest absolute Gasteiger partial charge is 0.398 e. The number of anilines is 2. The summed E-state index contributed by atoms with van der Waals surface area (Å²) in [7, 11) is 0. The fraction of sp³-hybridized carbons (Fsp3) is 0.133. The third-order valence-corrected chi connectivity index (χ3v) is 3.29. The molecule has 7 heteroatoms. The van der Waals surface area contributed by atoms with E-state index in [1.165, 1.54) is 6.07 Å². The van der Waals surface area contributed by atoms with Crippen molar-refractivity contribution in [3.8, 4) is 0 Å². The van der Waals surface area contributed by atoms with Crippen molar-refractivity contribution >= 4 is 28.9 Å². The van der Waals surface area contributed by atoms with Crippen LogP contribution in [0, 0.1) is 0 Å². The molecule has 0 bridgehead atoms. The van der Waals surface area contributed by atoms with E-state index >= 15 is 0 Å². The molecule has 2 rings (SSSR count). The topological polar surface area (TPSA) is 55.1 Å². The average molecular weight is 329 g/mol. The van der Waals surface area contributed by atoms with Gasteiger partial charge in [-0.05, 0) is 29.8 Å². The Labute approximate surface area is 129 Å². The number of amides is 1. The molecule has 0 spiro atoms. The van der Waals surface area contributed by atoms with Gasteiger partial charge in [-0.15, -0.1) is 0 Å². The molecule has 3 N–H and O–H groups in total. The summed E-state index contributed by atoms with van der Waals surface area (Å²) in [5.41, 5.74) is 5.80. The number of carbonyl (C=O) groups excluding carboxylic acids is 1. The van der Waals surface area contributed by atoms with Gasteiger partial charge in [-0.3, -0.25) is 4.79 Å². The van der Waals surface area contributed by atoms with Gasteiger partial charge in [0.15, 0.2) is 0 Å². The lowest BCUT2D eigenvalue weighted by molar-refractivity contribution is -0.137. The Balaban J connectivity index is 2.14. The van der Waals surface area contributed by atoms with E-state index in [1.807, 2.05) is 0 Å². The van der Waals surface area contributed by atoms with Crippen LogP contribution in [0.4, 0.5) is 24.5 Å². The van der Waals surface area contributed by atoms with E-state index in [4.69, 9.17) is 17.3 Å². The zero-order valence-corrected chi connectivity index (χ0v) is 12.0. The standard InChI is InChI=1S/C15H12ClF3N2O/c16-12-6-5-10(8-11(12)15(17,18)19)21-14(22)7-9-3-1-2-4-13(9)20/h1-6,8H,7,20H2,(H,21,22). The van der Waals surface area contributed by atoms with Crippen LogP contribution in [-0.4, -0.2) is 5.91 Å². The zero-order valence-electron chi connectivity index (χ0n) is 11.2. The first-order chi connectivity index (χ1) is 10.3. The molecule has 3 nitrogen and oxygen atoms in total. The first kappa shape index (κ1) is 16.2. The minimum absolute atomic E-state index is 0.0243. The highest BCUT2D eigenvalue weighted by Gasteiger charge is 2.33. The lowest BCUT2D eigenvalue weighted by atomic mass is 10.1. The molecule has 116 valence electrons. The Morgan fingerprint density at radius 1 is 1.18 bits per heavy atom. The minimum Gasteiger partial charge on any atom is -0.398 e. The zero-order chi connectivity index (χ0) is 16.3. The number of alkyl halides is 3. The molecule has 2 aromatic carbocycles. The van der Waals surface area contributed by atoms with Crippen LogP contribution in [0.25, 0.3) is 0 Å². The molecule has 0 aliphatic carbocycles. The Morgan fingerprint density at radius 3 is 2.50 bits per heavy atom. The SMILES string of the molecule is Nc1ccccc1CC(=O)Nc1ccc(Cl)c(C(F)(F)F)c1. The van der Waals surface area contributed by atoms with Crippen molar-refractivity contribution in [2.45, 2.75) is 12.6 Å². The minimum atomic E-state index is -4.58. The summed E-state index contributed by atoms with van der Waals surface area (Å²) in [4.78, 5) is 11.9. The van der Waals surface area contributed by atoms with Gasteiger partial charge in [-0.25, -0.2) is 0 Å². The van der Waals surface area contributed by atoms with E-state index in [9.17, 15) is 18.0 Å². The molecule has 0 saturated heterocycles. The third-order valence-electron chi connectivity index (χ3n) is 2.96. The van der Waals surface area contributed by atoms with Crippen LogP contribution in [0.2, 0.25) is 5.02 Å². The molecule has 0 heterocycles. The number of carbonyl (C=O) groups is 1. The van der Waals surface area contributed by atoms with Crippen molar-refractivity contribution in [2.75, 3.05) is 11.1 Å². The first-order valence-electron chi connectivity index (χ1n) is 6.27. The summed E-state index contributed by atoms with van der Waals surface area (Å²) in [6.07, 6.45) is -4.61. The molecule has 0 atom stereocenters. The third kappa shape index (κ3) is 3.92. The lowest BCUT2D eigenvalue weighted by Crippen LogP contribution is -2.16. The van der Waals surface area contributed by atoms with Crippen molar-refractivity contribution in [3.63, 3.8) is 0 Å². The van der Waals surface area contributed by atoms with Gasteiger partial charge >= 0.3 is 6.18 Å². The van der Waals surface area contributed by atoms with Crippen molar-refractivity contribution < 1.29 is 18.0 Å². The molecule has 0 unspecified atom stereocenters. The van der Waals surface area contributed by atoms with Gasteiger partial charge in [-0.1, -0.05) is 29.8 Å². The maximum atomic E-state index is 12.8. The van der Waals surface area contributed by atoms with Crippen LogP contribution in [0.1, 0.15) is 11.1 Å². The largest absolute Gasteiger partial charge is 0.417 e. The number of para-hydroxylation sites is 1. The number of hydrogen-bond donors (Lipinski definition) is 2. The fourth-order valence-electron chi connectivity index (χ4n) is 1.89. The van der Waals surface area contributed by atoms with E-state index < -0.39 is 22.7 Å². The summed E-state index contributed by atoms with van der Waals surface area (Å²) in [6.45, 7) is 0. The monoisotopic (exact) mass is 328 g/mol. The number of nitrogen functional groups attached to an aromatic ring is 1. The summed E-state index contributed by atoms with van der Waals surface area (Å²) in [5, 5.41) is 1.99. The van der Waals surface area contributed by atoms with Gasteiger partial charge in [0.25, 0.3) is 0 Å². The number of nitrogens with two attached hydrogens (primary N) is 1. The van der Waals surface area contributed by atoms with Crippen LogP contribution in [0.15, 0.2) is 42.5 Å². The molecule has 0 aliphatic rings. The van der Waals surface area contributed by atoms with Gasteiger partial charge in [0.05, 0.1) is 17.0 Å². The Morgan fingerprint density at radius 2 is 1.86 bits per heavy atom. The number of nitrogens with one attached hydrogen (secondary N) is 1. The van der Waals surface area contributed by atoms with Crippen molar-refractivity contribution in [2.24, 2.45) is 0 Å². The molecule has 1 amide bonds. The Bertz CT molecular complexity index is 701. The molecular weight excluding hydrogens is 317 g/mol. The Kier molecular flexibility index (Phi) is 4.61. The quantitative estimate of drug-likeness (QED) is 0.833. The lowest BCUT2D eigenvalue weighted by Gasteiger charge is -2.12. The number of halogens is 4. The predicted molar refractivity (Wildman–Crippen MR) is 79.6 cm³/mol. The molecule has 0 saturated carbocycles. The van der Waals surface area contributed by atoms with Crippen molar-refractivity contribution in [1.29, 1.82) is 0 Å². The highest BCUT2D eigenvalue weighted by atomic mass is 35.5. The van der Waals surface area contributed by atoms with E-state index in [-0.39, 0.29) is 12.1 Å². The molecule has 0 aliphatic heterocycles. The second-order valence-corrected chi connectivity index (χ2v) is 5.02.